The Bertz CT molecular complexity index is 1260. The second-order valence-electron chi connectivity index (χ2n) is 9.57. The van der Waals surface area contributed by atoms with Gasteiger partial charge in [-0.25, -0.2) is 0 Å². The molecule has 6 heteroatoms. The molecule has 0 unspecified atom stereocenters. The lowest BCUT2D eigenvalue weighted by Crippen LogP contribution is -2.47. The molecule has 0 saturated carbocycles. The van der Waals surface area contributed by atoms with E-state index in [1.165, 1.54) is 0 Å². The normalized spacial score (nSPS) is 13.2. The van der Waals surface area contributed by atoms with Gasteiger partial charge < -0.3 is 15.1 Å². The van der Waals surface area contributed by atoms with E-state index in [4.69, 9.17) is 0 Å². The minimum atomic E-state index is -0.582. The Morgan fingerprint density at radius 1 is 1.03 bits per heavy atom. The van der Waals surface area contributed by atoms with Crippen molar-refractivity contribution in [2.45, 2.75) is 59.0 Å². The minimum Gasteiger partial charge on any atom is -0.354 e. The molecule has 0 radical (unpaired) electrons. The van der Waals surface area contributed by atoms with Crippen LogP contribution in [0.5, 0.6) is 0 Å². The maximum absolute atomic E-state index is 13.4. The van der Waals surface area contributed by atoms with Crippen molar-refractivity contribution in [2.75, 3.05) is 18.0 Å². The standard InChI is InChI=1S/C30H35N3O3/c1-4-5-17-31-29(35)22(3)33(20-23-11-6-10-21(2)19-23)27(34)16-9-18-32-26-15-8-13-24-12-7-14-25(28(24)26)30(32)36/h6-8,10-15,19,22H,4-5,9,16-18,20H2,1-3H3,(H,31,35)/t22-/m0/s1. The molecule has 188 valence electrons. The van der Waals surface area contributed by atoms with Crippen LogP contribution in [0, 0.1) is 6.92 Å². The fourth-order valence-corrected chi connectivity index (χ4v) is 4.86. The zero-order chi connectivity index (χ0) is 25.7. The maximum atomic E-state index is 13.4. The van der Waals surface area contributed by atoms with Crippen LogP contribution in [0.3, 0.4) is 0 Å². The fourth-order valence-electron chi connectivity index (χ4n) is 4.86. The van der Waals surface area contributed by atoms with Gasteiger partial charge in [-0.05, 0) is 49.8 Å². The SMILES string of the molecule is CCCCNC(=O)[C@H](C)N(Cc1cccc(C)c1)C(=O)CCCN1C(=O)c2cccc3cccc1c23. The number of rotatable bonds is 11. The number of anilines is 1. The summed E-state index contributed by atoms with van der Waals surface area (Å²) < 4.78 is 0. The third-order valence-electron chi connectivity index (χ3n) is 6.85. The Morgan fingerprint density at radius 3 is 2.53 bits per heavy atom. The monoisotopic (exact) mass is 485 g/mol. The van der Waals surface area contributed by atoms with E-state index in [1.807, 2.05) is 67.6 Å². The van der Waals surface area contributed by atoms with E-state index in [-0.39, 0.29) is 24.1 Å². The van der Waals surface area contributed by atoms with Crippen LogP contribution >= 0.6 is 0 Å². The molecule has 3 aromatic rings. The molecular weight excluding hydrogens is 450 g/mol. The van der Waals surface area contributed by atoms with E-state index in [0.717, 1.165) is 40.4 Å². The number of hydrogen-bond acceptors (Lipinski definition) is 3. The number of nitrogens with one attached hydrogen (secondary N) is 1. The first-order chi connectivity index (χ1) is 17.4. The third kappa shape index (κ3) is 5.43. The van der Waals surface area contributed by atoms with Crippen LogP contribution in [-0.2, 0) is 16.1 Å². The molecule has 1 heterocycles. The van der Waals surface area contributed by atoms with Crippen molar-refractivity contribution in [1.29, 1.82) is 0 Å². The molecule has 1 N–H and O–H groups in total. The van der Waals surface area contributed by atoms with Gasteiger partial charge in [-0.2, -0.15) is 0 Å². The molecule has 6 nitrogen and oxygen atoms in total. The molecule has 0 spiro atoms. The van der Waals surface area contributed by atoms with Crippen molar-refractivity contribution < 1.29 is 14.4 Å². The highest BCUT2D eigenvalue weighted by Crippen LogP contribution is 2.37. The Morgan fingerprint density at radius 2 is 1.78 bits per heavy atom. The molecule has 0 saturated heterocycles. The number of unbranched alkanes of at least 4 members (excludes halogenated alkanes) is 1. The number of nitrogens with zero attached hydrogens (tertiary/aromatic N) is 2. The molecule has 36 heavy (non-hydrogen) atoms. The lowest BCUT2D eigenvalue weighted by Gasteiger charge is -2.29. The molecular formula is C30H35N3O3. The van der Waals surface area contributed by atoms with Gasteiger partial charge in [0.05, 0.1) is 5.69 Å². The summed E-state index contributed by atoms with van der Waals surface area (Å²) in [4.78, 5) is 42.7. The van der Waals surface area contributed by atoms with Gasteiger partial charge in [0.2, 0.25) is 11.8 Å². The average molecular weight is 486 g/mol. The highest BCUT2D eigenvalue weighted by Gasteiger charge is 2.30. The summed E-state index contributed by atoms with van der Waals surface area (Å²) in [7, 11) is 0. The highest BCUT2D eigenvalue weighted by molar-refractivity contribution is 6.25. The third-order valence-corrected chi connectivity index (χ3v) is 6.85. The summed E-state index contributed by atoms with van der Waals surface area (Å²) in [5, 5.41) is 4.98. The van der Waals surface area contributed by atoms with Crippen molar-refractivity contribution in [1.82, 2.24) is 10.2 Å². The fraction of sp³-hybridized carbons (Fsp3) is 0.367. The van der Waals surface area contributed by atoms with Crippen LogP contribution in [0.2, 0.25) is 0 Å². The van der Waals surface area contributed by atoms with E-state index in [1.54, 1.807) is 16.7 Å². The molecule has 3 amide bonds. The Hall–Kier alpha value is -3.67. The van der Waals surface area contributed by atoms with Crippen molar-refractivity contribution in [3.8, 4) is 0 Å². The summed E-state index contributed by atoms with van der Waals surface area (Å²) in [6.45, 7) is 7.31. The molecule has 4 rings (SSSR count). The van der Waals surface area contributed by atoms with Gasteiger partial charge >= 0.3 is 0 Å². The Balaban J connectivity index is 1.44. The first-order valence-electron chi connectivity index (χ1n) is 12.9. The van der Waals surface area contributed by atoms with Crippen LogP contribution in [0.25, 0.3) is 10.8 Å². The summed E-state index contributed by atoms with van der Waals surface area (Å²) in [6.07, 6.45) is 2.68. The van der Waals surface area contributed by atoms with Gasteiger partial charge in [-0.15, -0.1) is 0 Å². The predicted molar refractivity (Wildman–Crippen MR) is 144 cm³/mol. The van der Waals surface area contributed by atoms with Gasteiger partial charge in [-0.3, -0.25) is 14.4 Å². The minimum absolute atomic E-state index is 0.0189. The molecule has 0 aromatic heterocycles. The summed E-state index contributed by atoms with van der Waals surface area (Å²) >= 11 is 0. The molecule has 0 aliphatic carbocycles. The van der Waals surface area contributed by atoms with Gasteiger partial charge in [0.1, 0.15) is 6.04 Å². The van der Waals surface area contributed by atoms with E-state index in [2.05, 4.69) is 12.2 Å². The second-order valence-corrected chi connectivity index (χ2v) is 9.57. The van der Waals surface area contributed by atoms with E-state index in [9.17, 15) is 14.4 Å². The van der Waals surface area contributed by atoms with Gasteiger partial charge in [0.25, 0.3) is 5.91 Å². The van der Waals surface area contributed by atoms with Crippen molar-refractivity contribution in [2.24, 2.45) is 0 Å². The smallest absolute Gasteiger partial charge is 0.258 e. The average Bonchev–Trinajstić information content (AvgIpc) is 3.15. The summed E-state index contributed by atoms with van der Waals surface area (Å²) in [6, 6.07) is 19.1. The van der Waals surface area contributed by atoms with Crippen LogP contribution in [0.4, 0.5) is 5.69 Å². The topological polar surface area (TPSA) is 69.7 Å². The van der Waals surface area contributed by atoms with Crippen LogP contribution in [0.15, 0.2) is 60.7 Å². The van der Waals surface area contributed by atoms with Crippen LogP contribution in [-0.4, -0.2) is 41.8 Å². The quantitative estimate of drug-likeness (QED) is 0.379. The van der Waals surface area contributed by atoms with Gasteiger partial charge in [-0.1, -0.05) is 67.4 Å². The second kappa shape index (κ2) is 11.4. The lowest BCUT2D eigenvalue weighted by atomic mass is 10.1. The Kier molecular flexibility index (Phi) is 8.04. The Labute approximate surface area is 213 Å². The summed E-state index contributed by atoms with van der Waals surface area (Å²) in [5.74, 6) is -0.243. The van der Waals surface area contributed by atoms with E-state index in [0.29, 0.717) is 31.6 Å². The highest BCUT2D eigenvalue weighted by atomic mass is 16.2. The van der Waals surface area contributed by atoms with E-state index >= 15 is 0 Å². The number of carbonyl (C=O) groups is 3. The van der Waals surface area contributed by atoms with E-state index < -0.39 is 6.04 Å². The van der Waals surface area contributed by atoms with Crippen molar-refractivity contribution in [3.05, 3.63) is 77.4 Å². The van der Waals surface area contributed by atoms with Crippen LogP contribution < -0.4 is 10.2 Å². The first-order valence-corrected chi connectivity index (χ1v) is 12.9. The molecule has 3 aromatic carbocycles. The molecule has 0 bridgehead atoms. The number of carbonyl (C=O) groups excluding carboxylic acids is 3. The van der Waals surface area contributed by atoms with Gasteiger partial charge in [0, 0.05) is 37.0 Å². The van der Waals surface area contributed by atoms with Crippen molar-refractivity contribution in [3.63, 3.8) is 0 Å². The number of hydrogen-bond donors (Lipinski definition) is 1. The first kappa shape index (κ1) is 25.4. The summed E-state index contributed by atoms with van der Waals surface area (Å²) in [5.41, 5.74) is 3.73. The maximum Gasteiger partial charge on any atom is 0.258 e. The molecule has 1 aliphatic rings. The zero-order valence-corrected chi connectivity index (χ0v) is 21.4. The zero-order valence-electron chi connectivity index (χ0n) is 21.4. The van der Waals surface area contributed by atoms with Crippen molar-refractivity contribution >= 4 is 34.2 Å². The number of benzene rings is 3. The molecule has 0 fully saturated rings. The molecule has 1 aliphatic heterocycles. The predicted octanol–water partition coefficient (Wildman–Crippen LogP) is 5.22. The molecule has 1 atom stereocenters. The number of amides is 3. The number of aryl methyl sites for hydroxylation is 1. The largest absolute Gasteiger partial charge is 0.354 e. The van der Waals surface area contributed by atoms with Gasteiger partial charge in [0.15, 0.2) is 0 Å². The van der Waals surface area contributed by atoms with Crippen LogP contribution in [0.1, 0.15) is 61.0 Å². The lowest BCUT2D eigenvalue weighted by molar-refractivity contribution is -0.140.